The van der Waals surface area contributed by atoms with Gasteiger partial charge in [-0.1, -0.05) is 30.3 Å². The molecule has 5 rings (SSSR count). The molecular weight excluding hydrogens is 340 g/mol. The fourth-order valence-electron chi connectivity index (χ4n) is 4.83. The number of anilines is 2. The van der Waals surface area contributed by atoms with Crippen LogP contribution in [0.1, 0.15) is 18.4 Å². The van der Waals surface area contributed by atoms with E-state index in [-0.39, 0.29) is 5.56 Å². The zero-order valence-corrected chi connectivity index (χ0v) is 15.5. The lowest BCUT2D eigenvalue weighted by atomic mass is 9.72. The van der Waals surface area contributed by atoms with Gasteiger partial charge in [-0.2, -0.15) is 4.98 Å². The summed E-state index contributed by atoms with van der Waals surface area (Å²) >= 11 is 0. The average molecular weight is 366 g/mol. The third kappa shape index (κ3) is 3.23. The van der Waals surface area contributed by atoms with Gasteiger partial charge in [0.2, 0.25) is 5.95 Å². The van der Waals surface area contributed by atoms with Crippen molar-refractivity contribution in [3.8, 4) is 0 Å². The second-order valence-electron chi connectivity index (χ2n) is 7.94. The highest BCUT2D eigenvalue weighted by atomic mass is 16.5. The molecule has 142 valence electrons. The van der Waals surface area contributed by atoms with Gasteiger partial charge in [0, 0.05) is 31.7 Å². The van der Waals surface area contributed by atoms with E-state index in [1.807, 2.05) is 0 Å². The van der Waals surface area contributed by atoms with Crippen LogP contribution >= 0.6 is 0 Å². The fraction of sp³-hybridized carbons (Fsp3) is 0.524. The highest BCUT2D eigenvalue weighted by Gasteiger charge is 2.47. The minimum Gasteiger partial charge on any atom is -0.378 e. The number of hydrogen-bond donors (Lipinski definition) is 1. The molecule has 1 saturated carbocycles. The maximum Gasteiger partial charge on any atom is 0.254 e. The first-order valence-corrected chi connectivity index (χ1v) is 10.0. The number of aromatic amines is 1. The highest BCUT2D eigenvalue weighted by molar-refractivity contribution is 5.46. The van der Waals surface area contributed by atoms with E-state index in [1.54, 1.807) is 6.07 Å². The zero-order chi connectivity index (χ0) is 18.2. The molecule has 2 saturated heterocycles. The molecule has 1 aliphatic carbocycles. The number of rotatable bonds is 4. The Hall–Kier alpha value is -2.34. The third-order valence-corrected chi connectivity index (χ3v) is 6.41. The largest absolute Gasteiger partial charge is 0.378 e. The molecule has 2 aliphatic heterocycles. The number of benzene rings is 1. The molecule has 0 unspecified atom stereocenters. The number of hydrogen-bond acceptors (Lipinski definition) is 5. The molecule has 3 heterocycles. The van der Waals surface area contributed by atoms with E-state index >= 15 is 0 Å². The summed E-state index contributed by atoms with van der Waals surface area (Å²) < 4.78 is 5.44. The summed E-state index contributed by atoms with van der Waals surface area (Å²) in [5.41, 5.74) is 1.28. The van der Waals surface area contributed by atoms with Crippen molar-refractivity contribution in [3.63, 3.8) is 0 Å². The van der Waals surface area contributed by atoms with Gasteiger partial charge >= 0.3 is 0 Å². The van der Waals surface area contributed by atoms with Crippen LogP contribution in [0.4, 0.5) is 11.8 Å². The Labute approximate surface area is 159 Å². The first kappa shape index (κ1) is 16.8. The van der Waals surface area contributed by atoms with Gasteiger partial charge in [-0.15, -0.1) is 0 Å². The van der Waals surface area contributed by atoms with Crippen molar-refractivity contribution in [3.05, 3.63) is 52.3 Å². The Kier molecular flexibility index (Phi) is 4.36. The van der Waals surface area contributed by atoms with E-state index in [0.29, 0.717) is 25.2 Å². The van der Waals surface area contributed by atoms with Gasteiger partial charge in [0.15, 0.2) is 0 Å². The summed E-state index contributed by atoms with van der Waals surface area (Å²) in [5, 5.41) is 0. The number of fused-ring (bicyclic) bond motifs is 1. The summed E-state index contributed by atoms with van der Waals surface area (Å²) in [6.45, 7) is 3.95. The summed E-state index contributed by atoms with van der Waals surface area (Å²) in [4.78, 5) is 24.8. The van der Waals surface area contributed by atoms with Crippen molar-refractivity contribution < 1.29 is 4.74 Å². The summed E-state index contributed by atoms with van der Waals surface area (Å²) in [6, 6.07) is 12.7. The lowest BCUT2D eigenvalue weighted by Gasteiger charge is -2.34. The van der Waals surface area contributed by atoms with Crippen LogP contribution < -0.4 is 15.4 Å². The molecule has 6 nitrogen and oxygen atoms in total. The summed E-state index contributed by atoms with van der Waals surface area (Å²) in [5.74, 6) is 2.95. The van der Waals surface area contributed by atoms with Crippen LogP contribution in [0, 0.1) is 11.8 Å². The van der Waals surface area contributed by atoms with Crippen molar-refractivity contribution >= 4 is 11.8 Å². The summed E-state index contributed by atoms with van der Waals surface area (Å²) in [7, 11) is 0. The van der Waals surface area contributed by atoms with Crippen molar-refractivity contribution in [2.24, 2.45) is 11.8 Å². The van der Waals surface area contributed by atoms with Gasteiger partial charge < -0.3 is 14.5 Å². The van der Waals surface area contributed by atoms with Gasteiger partial charge in [-0.25, -0.2) is 0 Å². The Balaban J connectivity index is 1.45. The number of morpholine rings is 1. The normalized spacial score (nSPS) is 27.3. The quantitative estimate of drug-likeness (QED) is 0.898. The number of ether oxygens (including phenoxy) is 1. The molecule has 3 atom stereocenters. The standard InChI is InChI=1S/C21H26N4O2/c26-20-13-19(24-8-10-27-11-9-24)22-21(23-20)25-14-16-6-7-17(16)18(25)12-15-4-2-1-3-5-15/h1-5,13,16-18H,6-12,14H2,(H,22,23,26)/t16-,17-,18-/m0/s1. The van der Waals surface area contributed by atoms with E-state index in [9.17, 15) is 4.79 Å². The Morgan fingerprint density at radius 3 is 2.70 bits per heavy atom. The van der Waals surface area contributed by atoms with Crippen LogP contribution in [0.2, 0.25) is 0 Å². The molecule has 0 amide bonds. The van der Waals surface area contributed by atoms with Gasteiger partial charge in [0.05, 0.1) is 13.2 Å². The van der Waals surface area contributed by atoms with Crippen LogP contribution in [0.3, 0.4) is 0 Å². The van der Waals surface area contributed by atoms with Crippen molar-refractivity contribution in [1.29, 1.82) is 0 Å². The number of aromatic nitrogens is 2. The molecule has 0 spiro atoms. The maximum atomic E-state index is 12.4. The Morgan fingerprint density at radius 2 is 1.96 bits per heavy atom. The molecular formula is C21H26N4O2. The lowest BCUT2D eigenvalue weighted by Crippen LogP contribution is -2.40. The van der Waals surface area contributed by atoms with E-state index in [4.69, 9.17) is 9.72 Å². The van der Waals surface area contributed by atoms with Crippen molar-refractivity contribution in [2.45, 2.75) is 25.3 Å². The third-order valence-electron chi connectivity index (χ3n) is 6.41. The van der Waals surface area contributed by atoms with Crippen LogP contribution in [-0.2, 0) is 11.2 Å². The second-order valence-corrected chi connectivity index (χ2v) is 7.94. The molecule has 1 N–H and O–H groups in total. The van der Waals surface area contributed by atoms with E-state index < -0.39 is 0 Å². The molecule has 1 aromatic heterocycles. The Bertz CT molecular complexity index is 847. The predicted molar refractivity (Wildman–Crippen MR) is 105 cm³/mol. The van der Waals surface area contributed by atoms with E-state index in [2.05, 4.69) is 45.1 Å². The monoisotopic (exact) mass is 366 g/mol. The van der Waals surface area contributed by atoms with Crippen LogP contribution in [-0.4, -0.2) is 48.9 Å². The lowest BCUT2D eigenvalue weighted by molar-refractivity contribution is 0.122. The van der Waals surface area contributed by atoms with E-state index in [1.165, 1.54) is 18.4 Å². The molecule has 1 aromatic carbocycles. The fourth-order valence-corrected chi connectivity index (χ4v) is 4.83. The number of nitrogens with one attached hydrogen (secondary N) is 1. The smallest absolute Gasteiger partial charge is 0.254 e. The first-order chi connectivity index (χ1) is 13.3. The maximum absolute atomic E-state index is 12.4. The predicted octanol–water partition coefficient (Wildman–Crippen LogP) is 2.06. The topological polar surface area (TPSA) is 61.5 Å². The molecule has 2 aromatic rings. The first-order valence-electron chi connectivity index (χ1n) is 10.0. The van der Waals surface area contributed by atoms with Gasteiger partial charge in [-0.3, -0.25) is 9.78 Å². The zero-order valence-electron chi connectivity index (χ0n) is 15.5. The van der Waals surface area contributed by atoms with Crippen LogP contribution in [0.25, 0.3) is 0 Å². The minimum atomic E-state index is -0.0702. The van der Waals surface area contributed by atoms with Crippen LogP contribution in [0.5, 0.6) is 0 Å². The highest BCUT2D eigenvalue weighted by Crippen LogP contribution is 2.46. The summed E-state index contributed by atoms with van der Waals surface area (Å²) in [6.07, 6.45) is 3.58. The molecule has 27 heavy (non-hydrogen) atoms. The van der Waals surface area contributed by atoms with Gasteiger partial charge in [0.1, 0.15) is 5.82 Å². The number of nitrogens with zero attached hydrogens (tertiary/aromatic N) is 3. The molecule has 0 bridgehead atoms. The molecule has 3 fully saturated rings. The molecule has 3 aliphatic rings. The Morgan fingerprint density at radius 1 is 1.15 bits per heavy atom. The molecule has 0 radical (unpaired) electrons. The molecule has 6 heteroatoms. The van der Waals surface area contributed by atoms with Crippen molar-refractivity contribution in [2.75, 3.05) is 42.6 Å². The average Bonchev–Trinajstić information content (AvgIpc) is 2.92. The van der Waals surface area contributed by atoms with E-state index in [0.717, 1.165) is 43.7 Å². The second kappa shape index (κ2) is 7.00. The van der Waals surface area contributed by atoms with Gasteiger partial charge in [0.25, 0.3) is 5.56 Å². The van der Waals surface area contributed by atoms with Crippen molar-refractivity contribution in [1.82, 2.24) is 9.97 Å². The van der Waals surface area contributed by atoms with Gasteiger partial charge in [-0.05, 0) is 36.7 Å². The number of H-pyrrole nitrogens is 1. The minimum absolute atomic E-state index is 0.0702. The SMILES string of the molecule is O=c1cc(N2CCOCC2)nc(N2C[C@@H]3CC[C@@H]3[C@@H]2Cc2ccccc2)[nH]1. The van der Waals surface area contributed by atoms with Crippen LogP contribution in [0.15, 0.2) is 41.2 Å².